The molecule has 1 N–H and O–H groups in total. The molecule has 1 heterocycles. The Morgan fingerprint density at radius 3 is 2.93 bits per heavy atom. The van der Waals surface area contributed by atoms with Gasteiger partial charge < -0.3 is 10.1 Å². The number of benzene rings is 1. The van der Waals surface area contributed by atoms with Crippen molar-refractivity contribution in [2.24, 2.45) is 0 Å². The van der Waals surface area contributed by atoms with Gasteiger partial charge in [0.2, 0.25) is 0 Å². The van der Waals surface area contributed by atoms with Crippen LogP contribution < -0.4 is 10.1 Å². The van der Waals surface area contributed by atoms with Gasteiger partial charge in [-0.15, -0.1) is 0 Å². The van der Waals surface area contributed by atoms with E-state index in [0.29, 0.717) is 6.61 Å². The summed E-state index contributed by atoms with van der Waals surface area (Å²) in [6.07, 6.45) is 2.17. The predicted molar refractivity (Wildman–Crippen MR) is 52.9 cm³/mol. The summed E-state index contributed by atoms with van der Waals surface area (Å²) in [6.45, 7) is 1.42. The number of rotatable bonds is 3. The molecule has 0 radical (unpaired) electrons. The van der Waals surface area contributed by atoms with E-state index in [4.69, 9.17) is 4.74 Å². The second-order valence-corrected chi connectivity index (χ2v) is 3.68. The van der Waals surface area contributed by atoms with Crippen LogP contribution in [0.1, 0.15) is 12.8 Å². The minimum Gasteiger partial charge on any atom is -0.489 e. The van der Waals surface area contributed by atoms with Crippen molar-refractivity contribution in [2.45, 2.75) is 18.9 Å². The van der Waals surface area contributed by atoms with Gasteiger partial charge in [0, 0.05) is 12.1 Å². The van der Waals surface area contributed by atoms with Gasteiger partial charge in [-0.05, 0) is 31.5 Å². The highest BCUT2D eigenvalue weighted by atomic mass is 19.1. The lowest BCUT2D eigenvalue weighted by Crippen LogP contribution is -2.28. The van der Waals surface area contributed by atoms with Gasteiger partial charge in [-0.1, -0.05) is 0 Å². The van der Waals surface area contributed by atoms with Crippen molar-refractivity contribution < 1.29 is 13.5 Å². The Balaban J connectivity index is 1.92. The standard InChI is InChI=1S/C11H13F2NO/c12-8-3-4-11(10(13)6-8)15-7-9-2-1-5-14-9/h3-4,6,9,14H,1-2,5,7H2/t9-/m0/s1. The third kappa shape index (κ3) is 2.65. The van der Waals surface area contributed by atoms with Crippen LogP contribution in [0.2, 0.25) is 0 Å². The SMILES string of the molecule is Fc1ccc(OC[C@@H]2CCCN2)c(F)c1. The molecule has 1 saturated heterocycles. The van der Waals surface area contributed by atoms with E-state index >= 15 is 0 Å². The number of halogens is 2. The number of nitrogens with one attached hydrogen (secondary N) is 1. The molecule has 4 heteroatoms. The summed E-state index contributed by atoms with van der Waals surface area (Å²) >= 11 is 0. The molecule has 0 aliphatic carbocycles. The summed E-state index contributed by atoms with van der Waals surface area (Å²) in [5.74, 6) is -1.11. The number of ether oxygens (including phenoxy) is 1. The quantitative estimate of drug-likeness (QED) is 0.830. The minimum atomic E-state index is -0.645. The van der Waals surface area contributed by atoms with Crippen molar-refractivity contribution in [1.82, 2.24) is 5.32 Å². The maximum absolute atomic E-state index is 13.1. The van der Waals surface area contributed by atoms with Crippen LogP contribution in [0.3, 0.4) is 0 Å². The van der Waals surface area contributed by atoms with Gasteiger partial charge in [-0.25, -0.2) is 8.78 Å². The zero-order valence-electron chi connectivity index (χ0n) is 8.30. The maximum atomic E-state index is 13.1. The molecule has 15 heavy (non-hydrogen) atoms. The van der Waals surface area contributed by atoms with Gasteiger partial charge in [0.25, 0.3) is 0 Å². The highest BCUT2D eigenvalue weighted by molar-refractivity contribution is 5.24. The molecule has 0 bridgehead atoms. The molecule has 0 aromatic heterocycles. The second-order valence-electron chi connectivity index (χ2n) is 3.68. The van der Waals surface area contributed by atoms with Crippen molar-refractivity contribution >= 4 is 0 Å². The minimum absolute atomic E-state index is 0.116. The Morgan fingerprint density at radius 1 is 1.40 bits per heavy atom. The Morgan fingerprint density at radius 2 is 2.27 bits per heavy atom. The fraction of sp³-hybridized carbons (Fsp3) is 0.455. The summed E-state index contributed by atoms with van der Waals surface area (Å²) in [6, 6.07) is 3.63. The third-order valence-corrected chi connectivity index (χ3v) is 2.50. The smallest absolute Gasteiger partial charge is 0.167 e. The Labute approximate surface area is 87.2 Å². The van der Waals surface area contributed by atoms with Crippen molar-refractivity contribution in [3.05, 3.63) is 29.8 Å². The van der Waals surface area contributed by atoms with Crippen LogP contribution in [0, 0.1) is 11.6 Å². The van der Waals surface area contributed by atoms with E-state index < -0.39 is 11.6 Å². The van der Waals surface area contributed by atoms with Gasteiger partial charge in [-0.3, -0.25) is 0 Å². The Bertz CT molecular complexity index is 337. The summed E-state index contributed by atoms with van der Waals surface area (Å²) in [5, 5.41) is 3.24. The van der Waals surface area contributed by atoms with E-state index in [-0.39, 0.29) is 11.8 Å². The molecule has 1 aromatic carbocycles. The van der Waals surface area contributed by atoms with E-state index in [0.717, 1.165) is 25.5 Å². The van der Waals surface area contributed by atoms with E-state index in [1.54, 1.807) is 0 Å². The van der Waals surface area contributed by atoms with Gasteiger partial charge in [-0.2, -0.15) is 0 Å². The lowest BCUT2D eigenvalue weighted by molar-refractivity contribution is 0.265. The van der Waals surface area contributed by atoms with Crippen LogP contribution in [0.5, 0.6) is 5.75 Å². The summed E-state index contributed by atoms with van der Waals surface area (Å²) in [7, 11) is 0. The first-order chi connectivity index (χ1) is 7.25. The normalized spacial score (nSPS) is 20.5. The lowest BCUT2D eigenvalue weighted by atomic mass is 10.2. The fourth-order valence-corrected chi connectivity index (χ4v) is 1.68. The molecule has 2 nitrogen and oxygen atoms in total. The Hall–Kier alpha value is -1.16. The highest BCUT2D eigenvalue weighted by Gasteiger charge is 2.15. The summed E-state index contributed by atoms with van der Waals surface area (Å²) in [5.41, 5.74) is 0. The largest absolute Gasteiger partial charge is 0.489 e. The topological polar surface area (TPSA) is 21.3 Å². The number of hydrogen-bond donors (Lipinski definition) is 1. The second kappa shape index (κ2) is 4.57. The molecule has 1 aliphatic rings. The summed E-state index contributed by atoms with van der Waals surface area (Å²) < 4.78 is 31.0. The van der Waals surface area contributed by atoms with E-state index in [9.17, 15) is 8.78 Å². The average molecular weight is 213 g/mol. The van der Waals surface area contributed by atoms with Crippen LogP contribution in [-0.2, 0) is 0 Å². The highest BCUT2D eigenvalue weighted by Crippen LogP contribution is 2.18. The molecule has 1 fully saturated rings. The van der Waals surface area contributed by atoms with Gasteiger partial charge >= 0.3 is 0 Å². The van der Waals surface area contributed by atoms with E-state index in [2.05, 4.69) is 5.32 Å². The number of hydrogen-bond acceptors (Lipinski definition) is 2. The van der Waals surface area contributed by atoms with E-state index in [1.807, 2.05) is 0 Å². The zero-order chi connectivity index (χ0) is 10.7. The van der Waals surface area contributed by atoms with Crippen LogP contribution in [-0.4, -0.2) is 19.2 Å². The lowest BCUT2D eigenvalue weighted by Gasteiger charge is -2.12. The first kappa shape index (κ1) is 10.4. The Kier molecular flexibility index (Phi) is 3.16. The van der Waals surface area contributed by atoms with Crippen molar-refractivity contribution in [3.8, 4) is 5.75 Å². The van der Waals surface area contributed by atoms with Gasteiger partial charge in [0.15, 0.2) is 11.6 Å². The van der Waals surface area contributed by atoms with Crippen LogP contribution in [0.25, 0.3) is 0 Å². The van der Waals surface area contributed by atoms with Crippen LogP contribution in [0.4, 0.5) is 8.78 Å². The molecular weight excluding hydrogens is 200 g/mol. The van der Waals surface area contributed by atoms with Crippen molar-refractivity contribution in [1.29, 1.82) is 0 Å². The van der Waals surface area contributed by atoms with Crippen molar-refractivity contribution in [2.75, 3.05) is 13.2 Å². The fourth-order valence-electron chi connectivity index (χ4n) is 1.68. The van der Waals surface area contributed by atoms with Gasteiger partial charge in [0.1, 0.15) is 12.4 Å². The predicted octanol–water partition coefficient (Wildman–Crippen LogP) is 2.10. The monoisotopic (exact) mass is 213 g/mol. The molecule has 1 aromatic rings. The molecular formula is C11H13F2NO. The molecule has 2 rings (SSSR count). The van der Waals surface area contributed by atoms with Crippen LogP contribution >= 0.6 is 0 Å². The first-order valence-electron chi connectivity index (χ1n) is 5.07. The van der Waals surface area contributed by atoms with Crippen molar-refractivity contribution in [3.63, 3.8) is 0 Å². The first-order valence-corrected chi connectivity index (χ1v) is 5.07. The molecule has 0 spiro atoms. The molecule has 0 amide bonds. The molecule has 1 aliphatic heterocycles. The van der Waals surface area contributed by atoms with E-state index in [1.165, 1.54) is 12.1 Å². The molecule has 82 valence electrons. The average Bonchev–Trinajstić information content (AvgIpc) is 2.69. The van der Waals surface area contributed by atoms with Gasteiger partial charge in [0.05, 0.1) is 0 Å². The van der Waals surface area contributed by atoms with Crippen LogP contribution in [0.15, 0.2) is 18.2 Å². The summed E-state index contributed by atoms with van der Waals surface area (Å²) in [4.78, 5) is 0. The zero-order valence-corrected chi connectivity index (χ0v) is 8.30. The molecule has 0 unspecified atom stereocenters. The molecule has 1 atom stereocenters. The maximum Gasteiger partial charge on any atom is 0.167 e. The third-order valence-electron chi connectivity index (χ3n) is 2.50. The molecule has 0 saturated carbocycles.